The van der Waals surface area contributed by atoms with Crippen molar-refractivity contribution in [2.45, 2.75) is 25.9 Å². The van der Waals surface area contributed by atoms with Crippen LogP contribution in [0, 0.1) is 13.8 Å². The highest BCUT2D eigenvalue weighted by Crippen LogP contribution is 2.41. The van der Waals surface area contributed by atoms with Gasteiger partial charge in [0.1, 0.15) is 6.04 Å². The molecule has 2 N–H and O–H groups in total. The standard InChI is InChI=1S/C20H20N4S/c1-13-10-14(2)12-15(11-13)24-19(17-7-5-9-22-17)18(23-20(24)25)16-6-3-4-8-21-16/h3-12,18-19,22H,1-2H3,(H,23,25)/t18-,19-/m0/s1. The van der Waals surface area contributed by atoms with E-state index in [2.05, 4.69) is 58.3 Å². The number of anilines is 1. The number of rotatable bonds is 3. The van der Waals surface area contributed by atoms with Gasteiger partial charge in [-0.25, -0.2) is 0 Å². The summed E-state index contributed by atoms with van der Waals surface area (Å²) in [5.41, 5.74) is 5.65. The van der Waals surface area contributed by atoms with Crippen molar-refractivity contribution in [2.24, 2.45) is 0 Å². The number of aromatic nitrogens is 2. The third-order valence-corrected chi connectivity index (χ3v) is 4.84. The number of hydrogen-bond donors (Lipinski definition) is 2. The monoisotopic (exact) mass is 348 g/mol. The number of nitrogens with one attached hydrogen (secondary N) is 2. The zero-order valence-corrected chi connectivity index (χ0v) is 15.0. The zero-order chi connectivity index (χ0) is 17.4. The Bertz CT molecular complexity index is 869. The van der Waals surface area contributed by atoms with E-state index in [1.54, 1.807) is 0 Å². The van der Waals surface area contributed by atoms with Gasteiger partial charge in [-0.2, -0.15) is 0 Å². The quantitative estimate of drug-likeness (QED) is 0.696. The molecule has 0 bridgehead atoms. The molecule has 25 heavy (non-hydrogen) atoms. The second-order valence-corrected chi connectivity index (χ2v) is 6.85. The Labute approximate surface area is 152 Å². The van der Waals surface area contributed by atoms with Gasteiger partial charge < -0.3 is 15.2 Å². The fraction of sp³-hybridized carbons (Fsp3) is 0.200. The van der Waals surface area contributed by atoms with Crippen LogP contribution in [0.5, 0.6) is 0 Å². The first-order chi connectivity index (χ1) is 12.1. The normalized spacial score (nSPS) is 19.9. The fourth-order valence-corrected chi connectivity index (χ4v) is 3.91. The van der Waals surface area contributed by atoms with Crippen LogP contribution in [0.1, 0.15) is 34.6 Å². The molecule has 5 heteroatoms. The van der Waals surface area contributed by atoms with E-state index in [4.69, 9.17) is 12.2 Å². The van der Waals surface area contributed by atoms with Crippen LogP contribution in [0.3, 0.4) is 0 Å². The molecule has 0 amide bonds. The van der Waals surface area contributed by atoms with Crippen LogP contribution in [-0.4, -0.2) is 15.1 Å². The lowest BCUT2D eigenvalue weighted by molar-refractivity contribution is 0.558. The summed E-state index contributed by atoms with van der Waals surface area (Å²) in [7, 11) is 0. The third-order valence-electron chi connectivity index (χ3n) is 4.52. The fourth-order valence-electron chi connectivity index (χ4n) is 3.57. The second-order valence-electron chi connectivity index (χ2n) is 6.47. The predicted molar refractivity (Wildman–Crippen MR) is 105 cm³/mol. The minimum Gasteiger partial charge on any atom is -0.363 e. The molecule has 0 saturated carbocycles. The van der Waals surface area contributed by atoms with Gasteiger partial charge >= 0.3 is 0 Å². The summed E-state index contributed by atoms with van der Waals surface area (Å²) in [5, 5.41) is 4.19. The number of hydrogen-bond acceptors (Lipinski definition) is 2. The summed E-state index contributed by atoms with van der Waals surface area (Å²) in [6.45, 7) is 4.23. The topological polar surface area (TPSA) is 44.0 Å². The summed E-state index contributed by atoms with van der Waals surface area (Å²) in [4.78, 5) is 10.1. The van der Waals surface area contributed by atoms with Crippen LogP contribution in [0.4, 0.5) is 5.69 Å². The molecule has 0 radical (unpaired) electrons. The van der Waals surface area contributed by atoms with Crippen molar-refractivity contribution in [1.29, 1.82) is 0 Å². The maximum absolute atomic E-state index is 5.71. The van der Waals surface area contributed by atoms with Gasteiger partial charge in [0, 0.05) is 23.8 Å². The average molecular weight is 348 g/mol. The van der Waals surface area contributed by atoms with Crippen molar-refractivity contribution >= 4 is 23.0 Å². The first-order valence-corrected chi connectivity index (χ1v) is 8.76. The lowest BCUT2D eigenvalue weighted by Crippen LogP contribution is -2.29. The Hall–Kier alpha value is -2.66. The number of nitrogens with zero attached hydrogens (tertiary/aromatic N) is 2. The Morgan fingerprint density at radius 2 is 1.84 bits per heavy atom. The molecule has 1 aliphatic rings. The molecule has 1 fully saturated rings. The summed E-state index contributed by atoms with van der Waals surface area (Å²) in [6, 6.07) is 16.7. The van der Waals surface area contributed by atoms with Crippen molar-refractivity contribution in [3.8, 4) is 0 Å². The molecule has 4 nitrogen and oxygen atoms in total. The first kappa shape index (κ1) is 15.8. The molecule has 126 valence electrons. The Morgan fingerprint density at radius 3 is 2.48 bits per heavy atom. The molecule has 0 spiro atoms. The number of aromatic amines is 1. The number of thiocarbonyl (C=S) groups is 1. The van der Waals surface area contributed by atoms with Gasteiger partial charge in [0.2, 0.25) is 0 Å². The maximum atomic E-state index is 5.71. The second kappa shape index (κ2) is 6.33. The van der Waals surface area contributed by atoms with E-state index in [0.717, 1.165) is 22.2 Å². The SMILES string of the molecule is Cc1cc(C)cc(N2C(=S)N[C@@H](c3ccccn3)[C@@H]2c2ccc[nH]2)c1. The Kier molecular flexibility index (Phi) is 4.01. The van der Waals surface area contributed by atoms with E-state index in [-0.39, 0.29) is 12.1 Å². The first-order valence-electron chi connectivity index (χ1n) is 8.36. The van der Waals surface area contributed by atoms with E-state index in [9.17, 15) is 0 Å². The van der Waals surface area contributed by atoms with Crippen molar-refractivity contribution in [3.63, 3.8) is 0 Å². The molecule has 1 aromatic carbocycles. The lowest BCUT2D eigenvalue weighted by atomic mass is 10.0. The summed E-state index contributed by atoms with van der Waals surface area (Å²) >= 11 is 5.71. The van der Waals surface area contributed by atoms with Crippen LogP contribution < -0.4 is 10.2 Å². The average Bonchev–Trinajstić information content (AvgIpc) is 3.22. The molecule has 2 atom stereocenters. The summed E-state index contributed by atoms with van der Waals surface area (Å²) in [5.74, 6) is 0. The van der Waals surface area contributed by atoms with E-state index in [1.165, 1.54) is 11.1 Å². The Balaban J connectivity index is 1.83. The smallest absolute Gasteiger partial charge is 0.174 e. The van der Waals surface area contributed by atoms with Crippen LogP contribution in [-0.2, 0) is 0 Å². The van der Waals surface area contributed by atoms with Gasteiger partial charge in [-0.3, -0.25) is 4.98 Å². The van der Waals surface area contributed by atoms with E-state index >= 15 is 0 Å². The summed E-state index contributed by atoms with van der Waals surface area (Å²) < 4.78 is 0. The van der Waals surface area contributed by atoms with Crippen LogP contribution in [0.15, 0.2) is 60.9 Å². The predicted octanol–water partition coefficient (Wildman–Crippen LogP) is 4.20. The van der Waals surface area contributed by atoms with E-state index in [1.807, 2.05) is 36.7 Å². The third kappa shape index (κ3) is 2.91. The van der Waals surface area contributed by atoms with Gasteiger partial charge in [-0.1, -0.05) is 12.1 Å². The minimum absolute atomic E-state index is 0.00633. The van der Waals surface area contributed by atoms with Crippen LogP contribution >= 0.6 is 12.2 Å². The van der Waals surface area contributed by atoms with Gasteiger partial charge in [-0.05, 0) is 73.6 Å². The highest BCUT2D eigenvalue weighted by atomic mass is 32.1. The number of benzene rings is 1. The maximum Gasteiger partial charge on any atom is 0.174 e. The molecule has 4 rings (SSSR count). The molecule has 2 aromatic heterocycles. The summed E-state index contributed by atoms with van der Waals surface area (Å²) in [6.07, 6.45) is 3.77. The van der Waals surface area contributed by atoms with Gasteiger partial charge in [-0.15, -0.1) is 0 Å². The van der Waals surface area contributed by atoms with Gasteiger partial charge in [0.25, 0.3) is 0 Å². The number of pyridine rings is 1. The highest BCUT2D eigenvalue weighted by molar-refractivity contribution is 7.80. The minimum atomic E-state index is -0.00633. The molecule has 3 heterocycles. The molecule has 3 aromatic rings. The van der Waals surface area contributed by atoms with E-state index in [0.29, 0.717) is 0 Å². The Morgan fingerprint density at radius 1 is 1.04 bits per heavy atom. The molecule has 0 unspecified atom stereocenters. The van der Waals surface area contributed by atoms with Crippen molar-refractivity contribution in [2.75, 3.05) is 4.90 Å². The van der Waals surface area contributed by atoms with Gasteiger partial charge in [0.15, 0.2) is 5.11 Å². The number of H-pyrrole nitrogens is 1. The lowest BCUT2D eigenvalue weighted by Gasteiger charge is -2.27. The van der Waals surface area contributed by atoms with E-state index < -0.39 is 0 Å². The highest BCUT2D eigenvalue weighted by Gasteiger charge is 2.41. The van der Waals surface area contributed by atoms with Crippen molar-refractivity contribution < 1.29 is 0 Å². The van der Waals surface area contributed by atoms with Crippen LogP contribution in [0.25, 0.3) is 0 Å². The molecular formula is C20H20N4S. The van der Waals surface area contributed by atoms with Crippen molar-refractivity contribution in [1.82, 2.24) is 15.3 Å². The van der Waals surface area contributed by atoms with Gasteiger partial charge in [0.05, 0.1) is 11.7 Å². The van der Waals surface area contributed by atoms with Crippen LogP contribution in [0.2, 0.25) is 0 Å². The van der Waals surface area contributed by atoms with Crippen molar-refractivity contribution in [3.05, 3.63) is 83.4 Å². The molecule has 0 aliphatic carbocycles. The molecule has 1 aliphatic heterocycles. The largest absolute Gasteiger partial charge is 0.363 e. The zero-order valence-electron chi connectivity index (χ0n) is 14.2. The molecule has 1 saturated heterocycles. The molecular weight excluding hydrogens is 328 g/mol. The number of aryl methyl sites for hydroxylation is 2.